The van der Waals surface area contributed by atoms with Crippen molar-refractivity contribution < 1.29 is 0 Å². The van der Waals surface area contributed by atoms with Crippen molar-refractivity contribution >= 4 is 10.9 Å². The van der Waals surface area contributed by atoms with Crippen molar-refractivity contribution in [1.29, 1.82) is 5.26 Å². The summed E-state index contributed by atoms with van der Waals surface area (Å²) in [6, 6.07) is 9.44. The monoisotopic (exact) mass is 310 g/mol. The minimum atomic E-state index is -0.120. The molecular formula is C18H22N4O. The van der Waals surface area contributed by atoms with Crippen LogP contribution in [0.4, 0.5) is 0 Å². The van der Waals surface area contributed by atoms with Crippen molar-refractivity contribution in [1.82, 2.24) is 14.5 Å². The van der Waals surface area contributed by atoms with Gasteiger partial charge >= 0.3 is 0 Å². The minimum Gasteiger partial charge on any atom is -0.295 e. The van der Waals surface area contributed by atoms with E-state index in [1.807, 2.05) is 18.2 Å². The Labute approximate surface area is 136 Å². The third kappa shape index (κ3) is 3.27. The molecule has 1 fully saturated rings. The van der Waals surface area contributed by atoms with E-state index in [9.17, 15) is 4.79 Å². The van der Waals surface area contributed by atoms with E-state index in [0.29, 0.717) is 35.1 Å². The number of hydrogen-bond donors (Lipinski definition) is 0. The first-order chi connectivity index (χ1) is 11.1. The summed E-state index contributed by atoms with van der Waals surface area (Å²) >= 11 is 0. The molecule has 5 nitrogen and oxygen atoms in total. The number of hydrogen-bond acceptors (Lipinski definition) is 4. The van der Waals surface area contributed by atoms with E-state index < -0.39 is 0 Å². The first-order valence-electron chi connectivity index (χ1n) is 8.16. The SMILES string of the molecule is C[C@@H]1C[C@H](C)CN(Cc2nc3ccccc3c(=O)n2CC#N)C1. The Bertz CT molecular complexity index is 795. The molecule has 5 heteroatoms. The molecule has 1 aromatic carbocycles. The van der Waals surface area contributed by atoms with Gasteiger partial charge in [0.15, 0.2) is 0 Å². The van der Waals surface area contributed by atoms with Crippen LogP contribution in [0.2, 0.25) is 0 Å². The molecule has 1 aromatic heterocycles. The summed E-state index contributed by atoms with van der Waals surface area (Å²) < 4.78 is 1.52. The lowest BCUT2D eigenvalue weighted by atomic mass is 9.92. The molecule has 1 saturated heterocycles. The van der Waals surface area contributed by atoms with Crippen LogP contribution in [0.25, 0.3) is 10.9 Å². The lowest BCUT2D eigenvalue weighted by molar-refractivity contribution is 0.130. The van der Waals surface area contributed by atoms with Crippen LogP contribution in [0.1, 0.15) is 26.1 Å². The Balaban J connectivity index is 2.00. The van der Waals surface area contributed by atoms with E-state index in [4.69, 9.17) is 5.26 Å². The van der Waals surface area contributed by atoms with Gasteiger partial charge in [-0.1, -0.05) is 26.0 Å². The van der Waals surface area contributed by atoms with E-state index in [-0.39, 0.29) is 12.1 Å². The average molecular weight is 310 g/mol. The van der Waals surface area contributed by atoms with E-state index in [0.717, 1.165) is 13.1 Å². The molecule has 0 bridgehead atoms. The first kappa shape index (κ1) is 15.7. The number of likely N-dealkylation sites (tertiary alicyclic amines) is 1. The summed E-state index contributed by atoms with van der Waals surface area (Å²) in [4.78, 5) is 19.7. The van der Waals surface area contributed by atoms with Crippen LogP contribution in [0.5, 0.6) is 0 Å². The molecule has 0 amide bonds. The normalized spacial score (nSPS) is 22.1. The van der Waals surface area contributed by atoms with Crippen LogP contribution in [-0.2, 0) is 13.1 Å². The van der Waals surface area contributed by atoms with Gasteiger partial charge < -0.3 is 0 Å². The number of piperidine rings is 1. The summed E-state index contributed by atoms with van der Waals surface area (Å²) in [5.74, 6) is 1.99. The molecule has 0 radical (unpaired) electrons. The summed E-state index contributed by atoms with van der Waals surface area (Å²) in [5.41, 5.74) is 0.588. The molecule has 0 unspecified atom stereocenters. The minimum absolute atomic E-state index is 0.0466. The zero-order chi connectivity index (χ0) is 16.4. The van der Waals surface area contributed by atoms with Crippen LogP contribution >= 0.6 is 0 Å². The van der Waals surface area contributed by atoms with E-state index in [1.165, 1.54) is 11.0 Å². The second kappa shape index (κ2) is 6.51. The zero-order valence-electron chi connectivity index (χ0n) is 13.7. The fourth-order valence-electron chi connectivity index (χ4n) is 3.69. The van der Waals surface area contributed by atoms with Gasteiger partial charge in [0.05, 0.1) is 23.5 Å². The topological polar surface area (TPSA) is 61.9 Å². The van der Waals surface area contributed by atoms with Gasteiger partial charge in [-0.2, -0.15) is 5.26 Å². The third-order valence-electron chi connectivity index (χ3n) is 4.48. The van der Waals surface area contributed by atoms with Gasteiger partial charge in [-0.15, -0.1) is 0 Å². The molecule has 0 spiro atoms. The number of rotatable bonds is 3. The quantitative estimate of drug-likeness (QED) is 0.873. The second-order valence-corrected chi connectivity index (χ2v) is 6.73. The molecule has 2 aromatic rings. The summed E-state index contributed by atoms with van der Waals surface area (Å²) in [7, 11) is 0. The van der Waals surface area contributed by atoms with Crippen LogP contribution in [-0.4, -0.2) is 27.5 Å². The van der Waals surface area contributed by atoms with Crippen molar-refractivity contribution in [2.75, 3.05) is 13.1 Å². The van der Waals surface area contributed by atoms with Crippen LogP contribution in [0.3, 0.4) is 0 Å². The Morgan fingerprint density at radius 3 is 2.65 bits per heavy atom. The molecule has 0 N–H and O–H groups in total. The lowest BCUT2D eigenvalue weighted by Gasteiger charge is -2.34. The van der Waals surface area contributed by atoms with Crippen molar-refractivity contribution in [3.8, 4) is 6.07 Å². The van der Waals surface area contributed by atoms with Crippen molar-refractivity contribution in [2.24, 2.45) is 11.8 Å². The van der Waals surface area contributed by atoms with Gasteiger partial charge in [-0.3, -0.25) is 14.3 Å². The standard InChI is InChI=1S/C18H22N4O/c1-13-9-14(2)11-21(10-13)12-17-20-16-6-4-3-5-15(16)18(23)22(17)8-7-19/h3-6,13-14H,8-12H2,1-2H3/t13-,14+. The molecule has 120 valence electrons. The summed E-state index contributed by atoms with van der Waals surface area (Å²) in [6.45, 7) is 7.22. The van der Waals surface area contributed by atoms with Crippen LogP contribution in [0.15, 0.2) is 29.1 Å². The van der Waals surface area contributed by atoms with Gasteiger partial charge in [0, 0.05) is 13.1 Å². The molecule has 23 heavy (non-hydrogen) atoms. The highest BCUT2D eigenvalue weighted by Crippen LogP contribution is 2.22. The Kier molecular flexibility index (Phi) is 4.44. The van der Waals surface area contributed by atoms with Crippen LogP contribution in [0, 0.1) is 23.2 Å². The Hall–Kier alpha value is -2.19. The number of para-hydroxylation sites is 1. The van der Waals surface area contributed by atoms with E-state index in [1.54, 1.807) is 6.07 Å². The number of benzene rings is 1. The van der Waals surface area contributed by atoms with Gasteiger partial charge in [-0.25, -0.2) is 4.98 Å². The fourth-order valence-corrected chi connectivity index (χ4v) is 3.69. The number of nitriles is 1. The maximum atomic E-state index is 12.7. The molecule has 1 aliphatic heterocycles. The predicted molar refractivity (Wildman–Crippen MR) is 89.8 cm³/mol. The largest absolute Gasteiger partial charge is 0.295 e. The highest BCUT2D eigenvalue weighted by Gasteiger charge is 2.23. The van der Waals surface area contributed by atoms with Crippen molar-refractivity contribution in [3.05, 3.63) is 40.4 Å². The average Bonchev–Trinajstić information content (AvgIpc) is 2.50. The van der Waals surface area contributed by atoms with Gasteiger partial charge in [0.2, 0.25) is 0 Å². The van der Waals surface area contributed by atoms with Crippen molar-refractivity contribution in [3.63, 3.8) is 0 Å². The number of nitrogens with zero attached hydrogens (tertiary/aromatic N) is 4. The highest BCUT2D eigenvalue weighted by molar-refractivity contribution is 5.77. The summed E-state index contributed by atoms with van der Waals surface area (Å²) in [5, 5.41) is 9.66. The molecule has 2 heterocycles. The molecular weight excluding hydrogens is 288 g/mol. The molecule has 0 saturated carbocycles. The molecule has 2 atom stereocenters. The van der Waals surface area contributed by atoms with Gasteiger partial charge in [-0.05, 0) is 30.4 Å². The van der Waals surface area contributed by atoms with Gasteiger partial charge in [0.1, 0.15) is 12.4 Å². The van der Waals surface area contributed by atoms with E-state index >= 15 is 0 Å². The molecule has 1 aliphatic rings. The van der Waals surface area contributed by atoms with Crippen molar-refractivity contribution in [2.45, 2.75) is 33.4 Å². The lowest BCUT2D eigenvalue weighted by Crippen LogP contribution is -2.40. The smallest absolute Gasteiger partial charge is 0.262 e. The maximum Gasteiger partial charge on any atom is 0.262 e. The van der Waals surface area contributed by atoms with Gasteiger partial charge in [0.25, 0.3) is 5.56 Å². The maximum absolute atomic E-state index is 12.7. The Morgan fingerprint density at radius 2 is 1.96 bits per heavy atom. The molecule has 3 rings (SSSR count). The number of fused-ring (bicyclic) bond motifs is 1. The number of aromatic nitrogens is 2. The Morgan fingerprint density at radius 1 is 1.26 bits per heavy atom. The second-order valence-electron chi connectivity index (χ2n) is 6.73. The predicted octanol–water partition coefficient (Wildman–Crippen LogP) is 2.40. The highest BCUT2D eigenvalue weighted by atomic mass is 16.1. The first-order valence-corrected chi connectivity index (χ1v) is 8.16. The van der Waals surface area contributed by atoms with E-state index in [2.05, 4.69) is 29.8 Å². The fraction of sp³-hybridized carbons (Fsp3) is 0.500. The van der Waals surface area contributed by atoms with Crippen LogP contribution < -0.4 is 5.56 Å². The summed E-state index contributed by atoms with van der Waals surface area (Å²) in [6.07, 6.45) is 1.24. The molecule has 0 aliphatic carbocycles. The zero-order valence-corrected chi connectivity index (χ0v) is 13.7. The third-order valence-corrected chi connectivity index (χ3v) is 4.48.